The second kappa shape index (κ2) is 7.39. The molecule has 3 rings (SSSR count). The zero-order chi connectivity index (χ0) is 19.6. The molecule has 2 aromatic rings. The molecule has 0 radical (unpaired) electrons. The topological polar surface area (TPSA) is 105 Å². The minimum atomic E-state index is -3.16. The molecular weight excluding hydrogens is 380 g/mol. The highest BCUT2D eigenvalue weighted by molar-refractivity contribution is 7.91. The summed E-state index contributed by atoms with van der Waals surface area (Å²) in [6.45, 7) is 0. The lowest BCUT2D eigenvalue weighted by molar-refractivity contribution is 0.0936. The molecule has 0 bridgehead atoms. The van der Waals surface area contributed by atoms with Crippen molar-refractivity contribution in [2.45, 2.75) is 12.5 Å². The summed E-state index contributed by atoms with van der Waals surface area (Å²) in [4.78, 5) is 28.3. The Morgan fingerprint density at radius 2 is 1.59 bits per heavy atom. The zero-order valence-electron chi connectivity index (χ0n) is 13.9. The van der Waals surface area contributed by atoms with Crippen molar-refractivity contribution < 1.29 is 26.8 Å². The number of hydrogen-bond acceptors (Lipinski definition) is 5. The van der Waals surface area contributed by atoms with Crippen LogP contribution in [0.1, 0.15) is 27.4 Å². The highest BCUT2D eigenvalue weighted by Gasteiger charge is 2.29. The average Bonchev–Trinajstić information content (AvgIpc) is 2.96. The van der Waals surface area contributed by atoms with Crippen LogP contribution < -0.4 is 10.6 Å². The molecule has 142 valence electrons. The van der Waals surface area contributed by atoms with Crippen LogP contribution in [0.4, 0.5) is 14.5 Å². The van der Waals surface area contributed by atoms with E-state index < -0.39 is 45.0 Å². The fraction of sp³-hybridized carbons (Fsp3) is 0.235. The van der Waals surface area contributed by atoms with Gasteiger partial charge in [-0.1, -0.05) is 12.1 Å². The number of aromatic nitrogens is 1. The van der Waals surface area contributed by atoms with Gasteiger partial charge in [-0.3, -0.25) is 9.59 Å². The van der Waals surface area contributed by atoms with Crippen LogP contribution >= 0.6 is 0 Å². The molecule has 7 nitrogen and oxygen atoms in total. The van der Waals surface area contributed by atoms with Crippen molar-refractivity contribution in [2.24, 2.45) is 0 Å². The van der Waals surface area contributed by atoms with E-state index in [1.807, 2.05) is 0 Å². The summed E-state index contributed by atoms with van der Waals surface area (Å²) in [6.07, 6.45) is 0.306. The average molecular weight is 395 g/mol. The fourth-order valence-electron chi connectivity index (χ4n) is 2.65. The zero-order valence-corrected chi connectivity index (χ0v) is 14.7. The van der Waals surface area contributed by atoms with Crippen molar-refractivity contribution in [3.8, 4) is 0 Å². The summed E-state index contributed by atoms with van der Waals surface area (Å²) < 4.78 is 50.2. The molecular formula is C17H15F2N3O4S. The van der Waals surface area contributed by atoms with Gasteiger partial charge in [0.15, 0.2) is 9.84 Å². The number of halogens is 2. The number of carbonyl (C=O) groups is 2. The number of carbonyl (C=O) groups excluding carboxylic acids is 2. The first-order valence-corrected chi connectivity index (χ1v) is 9.81. The molecule has 10 heteroatoms. The van der Waals surface area contributed by atoms with E-state index >= 15 is 0 Å². The van der Waals surface area contributed by atoms with Gasteiger partial charge in [-0.15, -0.1) is 0 Å². The van der Waals surface area contributed by atoms with Crippen molar-refractivity contribution in [1.29, 1.82) is 0 Å². The highest BCUT2D eigenvalue weighted by atomic mass is 32.2. The SMILES string of the molecule is O=C(Nc1c(F)cccc1F)c1cccc(C(=O)NC2CCS(=O)(=O)C2)n1. The van der Waals surface area contributed by atoms with Crippen molar-refractivity contribution in [3.05, 3.63) is 59.4 Å². The molecule has 1 aromatic carbocycles. The number of sulfone groups is 1. The summed E-state index contributed by atoms with van der Waals surface area (Å²) in [5.74, 6) is -3.56. The van der Waals surface area contributed by atoms with Crippen LogP contribution in [0.2, 0.25) is 0 Å². The Morgan fingerprint density at radius 1 is 1.00 bits per heavy atom. The predicted molar refractivity (Wildman–Crippen MR) is 93.1 cm³/mol. The largest absolute Gasteiger partial charge is 0.347 e. The molecule has 27 heavy (non-hydrogen) atoms. The number of nitrogens with one attached hydrogen (secondary N) is 2. The molecule has 1 fully saturated rings. The number of benzene rings is 1. The summed E-state index contributed by atoms with van der Waals surface area (Å²) in [5.41, 5.74) is -0.944. The van der Waals surface area contributed by atoms with E-state index in [1.165, 1.54) is 18.2 Å². The lowest BCUT2D eigenvalue weighted by atomic mass is 10.2. The van der Waals surface area contributed by atoms with Gasteiger partial charge in [-0.2, -0.15) is 0 Å². The molecule has 1 atom stereocenters. The fourth-order valence-corrected chi connectivity index (χ4v) is 4.32. The van der Waals surface area contributed by atoms with E-state index in [4.69, 9.17) is 0 Å². The second-order valence-electron chi connectivity index (χ2n) is 6.03. The van der Waals surface area contributed by atoms with Gasteiger partial charge in [-0.25, -0.2) is 22.2 Å². The Labute approximate surface area is 153 Å². The first-order valence-electron chi connectivity index (χ1n) is 7.99. The lowest BCUT2D eigenvalue weighted by Crippen LogP contribution is -2.36. The molecule has 1 aliphatic rings. The third-order valence-corrected chi connectivity index (χ3v) is 5.75. The quantitative estimate of drug-likeness (QED) is 0.817. The maximum absolute atomic E-state index is 13.6. The van der Waals surface area contributed by atoms with Gasteiger partial charge in [0.2, 0.25) is 0 Å². The third kappa shape index (κ3) is 4.45. The maximum Gasteiger partial charge on any atom is 0.274 e. The van der Waals surface area contributed by atoms with Crippen LogP contribution in [0, 0.1) is 11.6 Å². The second-order valence-corrected chi connectivity index (χ2v) is 8.26. The molecule has 0 spiro atoms. The minimum absolute atomic E-state index is 0.00201. The van der Waals surface area contributed by atoms with E-state index in [-0.39, 0.29) is 22.9 Å². The molecule has 2 heterocycles. The summed E-state index contributed by atoms with van der Waals surface area (Å²) in [5, 5.41) is 4.63. The molecule has 2 amide bonds. The van der Waals surface area contributed by atoms with Gasteiger partial charge < -0.3 is 10.6 Å². The summed E-state index contributed by atoms with van der Waals surface area (Å²) in [7, 11) is -3.16. The number of nitrogens with zero attached hydrogens (tertiary/aromatic N) is 1. The molecule has 1 saturated heterocycles. The van der Waals surface area contributed by atoms with Crippen LogP contribution in [-0.4, -0.2) is 42.8 Å². The molecule has 0 aliphatic carbocycles. The third-order valence-electron chi connectivity index (χ3n) is 3.98. The lowest BCUT2D eigenvalue weighted by Gasteiger charge is -2.11. The first-order chi connectivity index (χ1) is 12.7. The minimum Gasteiger partial charge on any atom is -0.347 e. The van der Waals surface area contributed by atoms with Crippen LogP contribution in [0.15, 0.2) is 36.4 Å². The van der Waals surface area contributed by atoms with Crippen molar-refractivity contribution in [2.75, 3.05) is 16.8 Å². The van der Waals surface area contributed by atoms with Crippen LogP contribution in [0.25, 0.3) is 0 Å². The number of hydrogen-bond donors (Lipinski definition) is 2. The van der Waals surface area contributed by atoms with Crippen molar-refractivity contribution >= 4 is 27.3 Å². The van der Waals surface area contributed by atoms with E-state index in [2.05, 4.69) is 15.6 Å². The summed E-state index contributed by atoms with van der Waals surface area (Å²) >= 11 is 0. The molecule has 2 N–H and O–H groups in total. The van der Waals surface area contributed by atoms with E-state index in [0.717, 1.165) is 18.2 Å². The van der Waals surface area contributed by atoms with E-state index in [0.29, 0.717) is 6.42 Å². The normalized spacial score (nSPS) is 18.1. The number of amides is 2. The molecule has 1 aromatic heterocycles. The maximum atomic E-state index is 13.6. The van der Waals surface area contributed by atoms with Gasteiger partial charge in [0.05, 0.1) is 11.5 Å². The molecule has 0 saturated carbocycles. The van der Waals surface area contributed by atoms with Crippen LogP contribution in [0.5, 0.6) is 0 Å². The van der Waals surface area contributed by atoms with Gasteiger partial charge in [0.25, 0.3) is 11.8 Å². The Balaban J connectivity index is 1.73. The number of rotatable bonds is 4. The first kappa shape index (κ1) is 18.9. The van der Waals surface area contributed by atoms with Crippen molar-refractivity contribution in [3.63, 3.8) is 0 Å². The predicted octanol–water partition coefficient (Wildman–Crippen LogP) is 1.53. The Hall–Kier alpha value is -2.88. The molecule has 1 unspecified atom stereocenters. The number of anilines is 1. The standard InChI is InChI=1S/C17H15F2N3O4S/c18-11-3-1-4-12(19)15(11)22-17(24)14-6-2-5-13(21-14)16(23)20-10-7-8-27(25,26)9-10/h1-6,10H,7-9H2,(H,20,23)(H,22,24). The van der Waals surface area contributed by atoms with E-state index in [9.17, 15) is 26.8 Å². The smallest absolute Gasteiger partial charge is 0.274 e. The van der Waals surface area contributed by atoms with Gasteiger partial charge >= 0.3 is 0 Å². The number of para-hydroxylation sites is 1. The van der Waals surface area contributed by atoms with Crippen molar-refractivity contribution in [1.82, 2.24) is 10.3 Å². The molecule has 1 aliphatic heterocycles. The van der Waals surface area contributed by atoms with Crippen LogP contribution in [0.3, 0.4) is 0 Å². The van der Waals surface area contributed by atoms with Crippen LogP contribution in [-0.2, 0) is 9.84 Å². The number of pyridine rings is 1. The van der Waals surface area contributed by atoms with Gasteiger partial charge in [0.1, 0.15) is 28.7 Å². The Morgan fingerprint density at radius 3 is 2.19 bits per heavy atom. The highest BCUT2D eigenvalue weighted by Crippen LogP contribution is 2.19. The van der Waals surface area contributed by atoms with E-state index in [1.54, 1.807) is 0 Å². The van der Waals surface area contributed by atoms with Gasteiger partial charge in [0, 0.05) is 6.04 Å². The van der Waals surface area contributed by atoms with Gasteiger partial charge in [-0.05, 0) is 30.7 Å². The Kier molecular flexibility index (Phi) is 5.17. The Bertz CT molecular complexity index is 991. The monoisotopic (exact) mass is 395 g/mol. The summed E-state index contributed by atoms with van der Waals surface area (Å²) in [6, 6.07) is 6.64.